The van der Waals surface area contributed by atoms with Crippen LogP contribution in [0, 0.1) is 11.6 Å². The molecule has 2 aromatic carbocycles. The molecule has 0 saturated carbocycles. The number of rotatable bonds is 6. The SMILES string of the molecule is CSNc1ccccc1-c1ccc(N2CC[C@@H](NC(=O)Nc3cnc(C(F)(F)F)cn3)C2=O)c(F)c1F. The maximum Gasteiger partial charge on any atom is 0.434 e. The zero-order valence-electron chi connectivity index (χ0n) is 19.1. The summed E-state index contributed by atoms with van der Waals surface area (Å²) in [7, 11) is 0. The van der Waals surface area contributed by atoms with Gasteiger partial charge in [0.2, 0.25) is 5.91 Å². The Morgan fingerprint density at radius 3 is 2.49 bits per heavy atom. The van der Waals surface area contributed by atoms with Gasteiger partial charge in [0.1, 0.15) is 6.04 Å². The van der Waals surface area contributed by atoms with Crippen LogP contribution in [0.2, 0.25) is 0 Å². The maximum atomic E-state index is 15.1. The van der Waals surface area contributed by atoms with E-state index >= 15 is 8.78 Å². The zero-order chi connectivity index (χ0) is 26.7. The second-order valence-corrected chi connectivity index (χ2v) is 8.44. The number of aromatic nitrogens is 2. The molecule has 1 aliphatic heterocycles. The number of alkyl halides is 3. The van der Waals surface area contributed by atoms with E-state index in [1.54, 1.807) is 30.5 Å². The van der Waals surface area contributed by atoms with Crippen LogP contribution in [-0.4, -0.2) is 40.7 Å². The topological polar surface area (TPSA) is 99.2 Å². The highest BCUT2D eigenvalue weighted by Gasteiger charge is 2.36. The highest BCUT2D eigenvalue weighted by molar-refractivity contribution is 7.99. The van der Waals surface area contributed by atoms with Crippen LogP contribution in [0.4, 0.5) is 43.9 Å². The molecule has 1 saturated heterocycles. The molecule has 4 rings (SSSR count). The molecule has 3 aromatic rings. The molecule has 14 heteroatoms. The van der Waals surface area contributed by atoms with Gasteiger partial charge in [-0.15, -0.1) is 0 Å². The summed E-state index contributed by atoms with van der Waals surface area (Å²) >= 11 is 1.29. The van der Waals surface area contributed by atoms with E-state index in [-0.39, 0.29) is 30.0 Å². The predicted octanol–water partition coefficient (Wildman–Crippen LogP) is 5.06. The number of carbonyl (C=O) groups excluding carboxylic acids is 2. The Morgan fingerprint density at radius 1 is 1.05 bits per heavy atom. The van der Waals surface area contributed by atoms with E-state index in [4.69, 9.17) is 0 Å². The van der Waals surface area contributed by atoms with E-state index in [2.05, 4.69) is 25.3 Å². The Kier molecular flexibility index (Phi) is 7.47. The minimum absolute atomic E-state index is 0.00416. The number of hydrogen-bond donors (Lipinski definition) is 3. The van der Waals surface area contributed by atoms with Gasteiger partial charge in [0.15, 0.2) is 23.1 Å². The van der Waals surface area contributed by atoms with Gasteiger partial charge >= 0.3 is 12.2 Å². The van der Waals surface area contributed by atoms with Crippen LogP contribution in [0.5, 0.6) is 0 Å². The molecular formula is C23H19F5N6O2S. The Balaban J connectivity index is 1.46. The van der Waals surface area contributed by atoms with Gasteiger partial charge in [0, 0.05) is 23.9 Å². The number of anilines is 3. The van der Waals surface area contributed by atoms with E-state index < -0.39 is 41.5 Å². The van der Waals surface area contributed by atoms with E-state index in [1.165, 1.54) is 24.1 Å². The van der Waals surface area contributed by atoms with Gasteiger partial charge in [0.05, 0.1) is 23.8 Å². The minimum Gasteiger partial charge on any atom is -0.329 e. The molecule has 0 unspecified atom stereocenters. The van der Waals surface area contributed by atoms with Gasteiger partial charge < -0.3 is 14.9 Å². The molecule has 3 amide bonds. The van der Waals surface area contributed by atoms with Gasteiger partial charge in [-0.1, -0.05) is 30.1 Å². The second-order valence-electron chi connectivity index (χ2n) is 7.83. The van der Waals surface area contributed by atoms with Crippen molar-refractivity contribution in [3.63, 3.8) is 0 Å². The van der Waals surface area contributed by atoms with Crippen molar-refractivity contribution in [2.75, 3.05) is 27.7 Å². The first-order valence-electron chi connectivity index (χ1n) is 10.7. The van der Waals surface area contributed by atoms with Crippen LogP contribution >= 0.6 is 11.9 Å². The van der Waals surface area contributed by atoms with Crippen molar-refractivity contribution in [2.24, 2.45) is 0 Å². The van der Waals surface area contributed by atoms with Crippen LogP contribution in [0.1, 0.15) is 12.1 Å². The van der Waals surface area contributed by atoms with Crippen molar-refractivity contribution < 1.29 is 31.5 Å². The average Bonchev–Trinajstić information content (AvgIpc) is 3.21. The molecule has 0 bridgehead atoms. The second kappa shape index (κ2) is 10.6. The summed E-state index contributed by atoms with van der Waals surface area (Å²) in [6.45, 7) is 0.00416. The van der Waals surface area contributed by atoms with Crippen LogP contribution in [0.25, 0.3) is 11.1 Å². The molecule has 1 atom stereocenters. The molecule has 0 spiro atoms. The molecule has 0 aliphatic carbocycles. The summed E-state index contributed by atoms with van der Waals surface area (Å²) in [6.07, 6.45) is -1.63. The summed E-state index contributed by atoms with van der Waals surface area (Å²) < 4.78 is 70.9. The number of nitrogens with one attached hydrogen (secondary N) is 3. The fourth-order valence-corrected chi connectivity index (χ4v) is 4.17. The molecule has 0 radical (unpaired) electrons. The van der Waals surface area contributed by atoms with Crippen LogP contribution in [0.3, 0.4) is 0 Å². The molecule has 3 N–H and O–H groups in total. The van der Waals surface area contributed by atoms with Gasteiger partial charge in [-0.25, -0.2) is 23.5 Å². The fourth-order valence-electron chi connectivity index (χ4n) is 3.78. The van der Waals surface area contributed by atoms with Gasteiger partial charge in [0.25, 0.3) is 0 Å². The molecular weight excluding hydrogens is 519 g/mol. The zero-order valence-corrected chi connectivity index (χ0v) is 19.9. The smallest absolute Gasteiger partial charge is 0.329 e. The molecule has 1 fully saturated rings. The quantitative estimate of drug-likeness (QED) is 0.300. The third-order valence-corrected chi connectivity index (χ3v) is 5.90. The van der Waals surface area contributed by atoms with Crippen LogP contribution < -0.4 is 20.3 Å². The molecule has 8 nitrogen and oxygen atoms in total. The standard InChI is InChI=1S/C23H19F5N6O2S/c1-37-33-14-5-3-2-4-12(14)13-6-7-16(20(25)19(13)24)34-9-8-15(21(34)35)31-22(36)32-18-11-29-17(10-30-18)23(26,27)28/h2-7,10-11,15,33H,8-9H2,1H3,(H2,30,31,32,36)/t15-/m1/s1. The monoisotopic (exact) mass is 538 g/mol. The first-order valence-corrected chi connectivity index (χ1v) is 12.0. The normalized spacial score (nSPS) is 15.6. The molecule has 194 valence electrons. The van der Waals surface area contributed by atoms with E-state index in [0.717, 1.165) is 11.1 Å². The predicted molar refractivity (Wildman–Crippen MR) is 129 cm³/mol. The number of amides is 3. The number of hydrogen-bond acceptors (Lipinski definition) is 6. The number of benzene rings is 2. The fraction of sp³-hybridized carbons (Fsp3) is 0.217. The summed E-state index contributed by atoms with van der Waals surface area (Å²) in [4.78, 5) is 32.7. The number of carbonyl (C=O) groups is 2. The van der Waals surface area contributed by atoms with Gasteiger partial charge in [-0.05, 0) is 24.6 Å². The highest BCUT2D eigenvalue weighted by atomic mass is 32.2. The highest BCUT2D eigenvalue weighted by Crippen LogP contribution is 2.36. The number of halogens is 5. The van der Waals surface area contributed by atoms with E-state index in [0.29, 0.717) is 17.4 Å². The lowest BCUT2D eigenvalue weighted by atomic mass is 10.0. The summed E-state index contributed by atoms with van der Waals surface area (Å²) in [5.41, 5.74) is -0.470. The first-order chi connectivity index (χ1) is 17.6. The lowest BCUT2D eigenvalue weighted by molar-refractivity contribution is -0.141. The third kappa shape index (κ3) is 5.58. The lowest BCUT2D eigenvalue weighted by Gasteiger charge is -2.20. The summed E-state index contributed by atoms with van der Waals surface area (Å²) in [5.74, 6) is -3.29. The Bertz CT molecular complexity index is 1320. The van der Waals surface area contributed by atoms with Crippen molar-refractivity contribution in [2.45, 2.75) is 18.6 Å². The molecule has 1 aliphatic rings. The Hall–Kier alpha value is -3.94. The van der Waals surface area contributed by atoms with Crippen molar-refractivity contribution in [1.82, 2.24) is 15.3 Å². The van der Waals surface area contributed by atoms with Crippen LogP contribution in [0.15, 0.2) is 48.8 Å². The lowest BCUT2D eigenvalue weighted by Crippen LogP contribution is -2.43. The minimum atomic E-state index is -4.69. The van der Waals surface area contributed by atoms with Crippen molar-refractivity contribution in [3.05, 3.63) is 66.1 Å². The van der Waals surface area contributed by atoms with Crippen molar-refractivity contribution in [3.8, 4) is 11.1 Å². The molecule has 2 heterocycles. The largest absolute Gasteiger partial charge is 0.434 e. The number of para-hydroxylation sites is 1. The van der Waals surface area contributed by atoms with Crippen molar-refractivity contribution in [1.29, 1.82) is 0 Å². The maximum absolute atomic E-state index is 15.1. The van der Waals surface area contributed by atoms with Gasteiger partial charge in [-0.3, -0.25) is 10.1 Å². The average molecular weight is 539 g/mol. The number of nitrogens with zero attached hydrogens (tertiary/aromatic N) is 3. The van der Waals surface area contributed by atoms with Crippen molar-refractivity contribution >= 4 is 41.1 Å². The Labute approximate surface area is 211 Å². The first kappa shape index (κ1) is 26.1. The third-order valence-electron chi connectivity index (χ3n) is 5.48. The van der Waals surface area contributed by atoms with Gasteiger partial charge in [-0.2, -0.15) is 13.2 Å². The van der Waals surface area contributed by atoms with E-state index in [9.17, 15) is 22.8 Å². The number of urea groups is 1. The van der Waals surface area contributed by atoms with Crippen LogP contribution in [-0.2, 0) is 11.0 Å². The summed E-state index contributed by atoms with van der Waals surface area (Å²) in [5, 5.41) is 4.54. The summed E-state index contributed by atoms with van der Waals surface area (Å²) in [6, 6.07) is 7.47. The molecule has 37 heavy (non-hydrogen) atoms. The Morgan fingerprint density at radius 2 is 1.81 bits per heavy atom. The van der Waals surface area contributed by atoms with E-state index in [1.807, 2.05) is 0 Å². The molecule has 1 aromatic heterocycles.